The van der Waals surface area contributed by atoms with E-state index in [-0.39, 0.29) is 4.90 Å². The zero-order valence-electron chi connectivity index (χ0n) is 16.7. The maximum absolute atomic E-state index is 12.0. The van der Waals surface area contributed by atoms with Gasteiger partial charge >= 0.3 is 5.97 Å². The molecule has 8 nitrogen and oxygen atoms in total. The van der Waals surface area contributed by atoms with Gasteiger partial charge in [-0.15, -0.1) is 0 Å². The van der Waals surface area contributed by atoms with Crippen molar-refractivity contribution < 1.29 is 18.3 Å². The minimum atomic E-state index is -3.73. The third-order valence-electron chi connectivity index (χ3n) is 4.62. The first-order valence-electron chi connectivity index (χ1n) is 8.94. The second kappa shape index (κ2) is 8.42. The number of aryl methyl sites for hydroxylation is 1. The topological polar surface area (TPSA) is 119 Å². The molecule has 2 aromatic rings. The average Bonchev–Trinajstić information content (AvgIpc) is 2.95. The largest absolute Gasteiger partial charge is 0.480 e. The van der Waals surface area contributed by atoms with Crippen molar-refractivity contribution in [3.8, 4) is 0 Å². The van der Waals surface area contributed by atoms with Gasteiger partial charge in [-0.3, -0.25) is 9.69 Å². The molecule has 0 spiro atoms. The van der Waals surface area contributed by atoms with Gasteiger partial charge in [-0.2, -0.15) is 0 Å². The van der Waals surface area contributed by atoms with Crippen LogP contribution in [0.4, 0.5) is 0 Å². The molecule has 2 rings (SSSR count). The number of carboxylic acids is 1. The first-order chi connectivity index (χ1) is 12.9. The number of nitrogens with two attached hydrogens (primary N) is 1. The van der Waals surface area contributed by atoms with Crippen LogP contribution in [-0.2, 0) is 34.8 Å². The maximum Gasteiger partial charge on any atom is 0.321 e. The van der Waals surface area contributed by atoms with Crippen molar-refractivity contribution in [3.05, 3.63) is 48.0 Å². The van der Waals surface area contributed by atoms with Gasteiger partial charge in [-0.05, 0) is 29.5 Å². The number of hydrogen-bond acceptors (Lipinski definition) is 5. The molecule has 0 fully saturated rings. The predicted octanol–water partition coefficient (Wildman–Crippen LogP) is 1.61. The van der Waals surface area contributed by atoms with Crippen molar-refractivity contribution in [1.29, 1.82) is 0 Å². The lowest BCUT2D eigenvalue weighted by molar-refractivity contribution is -0.148. The number of sulfonamides is 1. The summed E-state index contributed by atoms with van der Waals surface area (Å²) in [5.41, 5.74) is 0.421. The Balaban J connectivity index is 2.24. The monoisotopic (exact) mass is 408 g/mol. The van der Waals surface area contributed by atoms with Gasteiger partial charge < -0.3 is 9.67 Å². The Morgan fingerprint density at radius 1 is 1.29 bits per heavy atom. The Labute approximate surface area is 166 Å². The van der Waals surface area contributed by atoms with Crippen LogP contribution >= 0.6 is 0 Å². The van der Waals surface area contributed by atoms with Crippen LogP contribution in [0.5, 0.6) is 0 Å². The third-order valence-corrected chi connectivity index (χ3v) is 5.55. The second-order valence-electron chi connectivity index (χ2n) is 7.97. The smallest absolute Gasteiger partial charge is 0.321 e. The highest BCUT2D eigenvalue weighted by molar-refractivity contribution is 7.89. The summed E-state index contributed by atoms with van der Waals surface area (Å²) in [6.45, 7) is 6.58. The van der Waals surface area contributed by atoms with Gasteiger partial charge in [0.05, 0.1) is 11.4 Å². The SMILES string of the molecule is Cn1ccnc1CN(CCc1ccc(S(N)(=O)=O)cc1)C(C(=O)O)C(C)(C)C. The molecular formula is C19H28N4O4S. The van der Waals surface area contributed by atoms with Crippen molar-refractivity contribution in [2.24, 2.45) is 17.6 Å². The van der Waals surface area contributed by atoms with E-state index in [1.54, 1.807) is 18.3 Å². The molecule has 1 atom stereocenters. The Kier molecular flexibility index (Phi) is 6.63. The number of primary sulfonamides is 1. The number of imidazole rings is 1. The first-order valence-corrected chi connectivity index (χ1v) is 10.5. The summed E-state index contributed by atoms with van der Waals surface area (Å²) in [6.07, 6.45) is 4.08. The minimum Gasteiger partial charge on any atom is -0.480 e. The van der Waals surface area contributed by atoms with E-state index in [1.165, 1.54) is 12.1 Å². The number of rotatable bonds is 8. The van der Waals surface area contributed by atoms with E-state index in [9.17, 15) is 18.3 Å². The van der Waals surface area contributed by atoms with Crippen LogP contribution in [0, 0.1) is 5.41 Å². The molecule has 1 heterocycles. The molecule has 28 heavy (non-hydrogen) atoms. The van der Waals surface area contributed by atoms with Crippen LogP contribution in [0.1, 0.15) is 32.2 Å². The van der Waals surface area contributed by atoms with E-state index < -0.39 is 27.4 Å². The molecule has 0 radical (unpaired) electrons. The van der Waals surface area contributed by atoms with Crippen molar-refractivity contribution in [3.63, 3.8) is 0 Å². The normalized spacial score (nSPS) is 13.6. The summed E-state index contributed by atoms with van der Waals surface area (Å²) >= 11 is 0. The number of nitrogens with zero attached hydrogens (tertiary/aromatic N) is 3. The fourth-order valence-corrected chi connectivity index (χ4v) is 3.74. The first kappa shape index (κ1) is 22.1. The number of aromatic nitrogens is 2. The van der Waals surface area contributed by atoms with E-state index in [0.29, 0.717) is 19.5 Å². The molecule has 0 saturated carbocycles. The van der Waals surface area contributed by atoms with E-state index in [0.717, 1.165) is 11.4 Å². The molecule has 1 aromatic heterocycles. The van der Waals surface area contributed by atoms with Crippen LogP contribution in [0.25, 0.3) is 0 Å². The number of aliphatic carboxylic acids is 1. The summed E-state index contributed by atoms with van der Waals surface area (Å²) in [4.78, 5) is 18.3. The molecule has 0 saturated heterocycles. The lowest BCUT2D eigenvalue weighted by Crippen LogP contribution is -2.50. The van der Waals surface area contributed by atoms with E-state index in [2.05, 4.69) is 4.98 Å². The van der Waals surface area contributed by atoms with Crippen LogP contribution in [-0.4, -0.2) is 46.5 Å². The highest BCUT2D eigenvalue weighted by atomic mass is 32.2. The van der Waals surface area contributed by atoms with Crippen molar-refractivity contribution in [2.75, 3.05) is 6.54 Å². The van der Waals surface area contributed by atoms with E-state index in [4.69, 9.17) is 5.14 Å². The molecule has 9 heteroatoms. The number of carbonyl (C=O) groups is 1. The summed E-state index contributed by atoms with van der Waals surface area (Å²) in [5.74, 6) is -0.105. The summed E-state index contributed by atoms with van der Waals surface area (Å²) < 4.78 is 24.6. The van der Waals surface area contributed by atoms with Crippen molar-refractivity contribution >= 4 is 16.0 Å². The van der Waals surface area contributed by atoms with Crippen LogP contribution in [0.2, 0.25) is 0 Å². The van der Waals surface area contributed by atoms with E-state index >= 15 is 0 Å². The summed E-state index contributed by atoms with van der Waals surface area (Å²) in [6, 6.07) is 5.63. The Morgan fingerprint density at radius 2 is 1.89 bits per heavy atom. The predicted molar refractivity (Wildman–Crippen MR) is 106 cm³/mol. The molecular weight excluding hydrogens is 380 g/mol. The zero-order chi connectivity index (χ0) is 21.1. The van der Waals surface area contributed by atoms with Crippen molar-refractivity contribution in [1.82, 2.24) is 14.5 Å². The van der Waals surface area contributed by atoms with Gasteiger partial charge in [0.2, 0.25) is 10.0 Å². The van der Waals surface area contributed by atoms with Crippen LogP contribution in [0.3, 0.4) is 0 Å². The number of benzene rings is 1. The fourth-order valence-electron chi connectivity index (χ4n) is 3.22. The molecule has 0 bridgehead atoms. The van der Waals surface area contributed by atoms with Gasteiger partial charge in [0.1, 0.15) is 11.9 Å². The molecule has 1 unspecified atom stereocenters. The molecule has 3 N–H and O–H groups in total. The molecule has 1 aromatic carbocycles. The fraction of sp³-hybridized carbons (Fsp3) is 0.474. The number of carboxylic acid groups (broad SMARTS) is 1. The quantitative estimate of drug-likeness (QED) is 0.685. The summed E-state index contributed by atoms with van der Waals surface area (Å²) in [5, 5.41) is 15.0. The summed E-state index contributed by atoms with van der Waals surface area (Å²) in [7, 11) is -1.86. The standard InChI is InChI=1S/C19H28N4O4S/c1-19(2,3)17(18(24)25)23(13-16-21-10-12-22(16)4)11-9-14-5-7-15(8-6-14)28(20,26)27/h5-8,10,12,17H,9,11,13H2,1-4H3,(H,24,25)(H2,20,26,27). The number of hydrogen-bond donors (Lipinski definition) is 2. The van der Waals surface area contributed by atoms with Crippen LogP contribution < -0.4 is 5.14 Å². The average molecular weight is 409 g/mol. The molecule has 0 aliphatic carbocycles. The Bertz CT molecular complexity index is 914. The zero-order valence-corrected chi connectivity index (χ0v) is 17.5. The second-order valence-corrected chi connectivity index (χ2v) is 9.53. The van der Waals surface area contributed by atoms with Crippen LogP contribution in [0.15, 0.2) is 41.6 Å². The molecule has 154 valence electrons. The highest BCUT2D eigenvalue weighted by Crippen LogP contribution is 2.26. The molecule has 0 aliphatic rings. The van der Waals surface area contributed by atoms with Gasteiger partial charge in [-0.1, -0.05) is 32.9 Å². The molecule has 0 amide bonds. The van der Waals surface area contributed by atoms with Gasteiger partial charge in [0, 0.05) is 26.0 Å². The van der Waals surface area contributed by atoms with E-state index in [1.807, 2.05) is 43.5 Å². The van der Waals surface area contributed by atoms with Gasteiger partial charge in [0.15, 0.2) is 0 Å². The Hall–Kier alpha value is -2.23. The molecule has 0 aliphatic heterocycles. The lowest BCUT2D eigenvalue weighted by atomic mass is 9.85. The highest BCUT2D eigenvalue weighted by Gasteiger charge is 2.36. The minimum absolute atomic E-state index is 0.0548. The Morgan fingerprint density at radius 3 is 2.32 bits per heavy atom. The lowest BCUT2D eigenvalue weighted by Gasteiger charge is -2.37. The van der Waals surface area contributed by atoms with Gasteiger partial charge in [0.25, 0.3) is 0 Å². The van der Waals surface area contributed by atoms with Crippen molar-refractivity contribution in [2.45, 2.75) is 44.7 Å². The maximum atomic E-state index is 12.0. The van der Waals surface area contributed by atoms with Gasteiger partial charge in [-0.25, -0.2) is 18.5 Å². The third kappa shape index (κ3) is 5.63.